The van der Waals surface area contributed by atoms with Crippen molar-refractivity contribution in [1.82, 2.24) is 19.7 Å². The Hall–Kier alpha value is -4.14. The lowest BCUT2D eigenvalue weighted by Gasteiger charge is -2.42. The van der Waals surface area contributed by atoms with Crippen LogP contribution in [0.5, 0.6) is 11.5 Å². The monoisotopic (exact) mass is 713 g/mol. The summed E-state index contributed by atoms with van der Waals surface area (Å²) in [6.45, 7) is 5.54. The molecule has 6 rings (SSSR count). The molecule has 250 valence electrons. The molecule has 3 heterocycles. The minimum absolute atomic E-state index is 0. The molecule has 14 heteroatoms. The van der Waals surface area contributed by atoms with Gasteiger partial charge in [-0.15, -0.1) is 17.0 Å². The van der Waals surface area contributed by atoms with Gasteiger partial charge in [-0.05, 0) is 75.2 Å². The van der Waals surface area contributed by atoms with E-state index in [0.717, 1.165) is 62.1 Å². The zero-order chi connectivity index (χ0) is 32.4. The number of nitrogens with two attached hydrogens (primary N) is 1. The van der Waals surface area contributed by atoms with Crippen LogP contribution in [0.3, 0.4) is 0 Å². The third kappa shape index (κ3) is 7.55. The van der Waals surface area contributed by atoms with Crippen molar-refractivity contribution >= 4 is 52.0 Å². The number of urea groups is 1. The number of nitrogens with zero attached hydrogens (tertiary/aromatic N) is 5. The number of aromatic nitrogens is 1. The standard InChI is InChI=1S/C33H37F2N7O4.BrH/c1-39-16-18-40(19-17-39)23-9-14-41(15-10-23)32(45)38-29-21-26(8-13-37-29)46-25-6-7-28(27(35)20-25)42(24-4-2-22(34)3-5-24)31(44)33(11-12-33)30(36)43;/h2-8,13,20-21,23H,9-12,14-19H2,1H3,(H2,36,43)(H,37,38,45);1H. The van der Waals surface area contributed by atoms with Gasteiger partial charge in [0, 0.05) is 69.3 Å². The summed E-state index contributed by atoms with van der Waals surface area (Å²) in [6, 6.07) is 12.2. The van der Waals surface area contributed by atoms with E-state index in [1.54, 1.807) is 17.0 Å². The molecule has 0 bridgehead atoms. The van der Waals surface area contributed by atoms with Crippen LogP contribution in [0.15, 0.2) is 60.8 Å². The second-order valence-corrected chi connectivity index (χ2v) is 12.1. The first-order valence-electron chi connectivity index (χ1n) is 15.4. The van der Waals surface area contributed by atoms with Crippen molar-refractivity contribution in [2.45, 2.75) is 31.7 Å². The number of nitrogens with one attached hydrogen (secondary N) is 1. The number of benzene rings is 2. The molecule has 1 saturated carbocycles. The molecule has 47 heavy (non-hydrogen) atoms. The van der Waals surface area contributed by atoms with E-state index in [0.29, 0.717) is 24.9 Å². The number of hydrogen-bond donors (Lipinski definition) is 2. The summed E-state index contributed by atoms with van der Waals surface area (Å²) in [6.07, 6.45) is 3.81. The lowest BCUT2D eigenvalue weighted by molar-refractivity contribution is -0.133. The minimum atomic E-state index is -1.44. The molecule has 2 aliphatic heterocycles. The topological polar surface area (TPSA) is 124 Å². The average Bonchev–Trinajstić information content (AvgIpc) is 3.86. The van der Waals surface area contributed by atoms with E-state index in [1.165, 1.54) is 30.5 Å². The summed E-state index contributed by atoms with van der Waals surface area (Å²) < 4.78 is 35.1. The predicted molar refractivity (Wildman–Crippen MR) is 178 cm³/mol. The van der Waals surface area contributed by atoms with E-state index >= 15 is 4.39 Å². The lowest BCUT2D eigenvalue weighted by atomic mass is 10.0. The highest BCUT2D eigenvalue weighted by Crippen LogP contribution is 2.49. The molecule has 2 saturated heterocycles. The Kier molecular flexibility index (Phi) is 10.4. The van der Waals surface area contributed by atoms with Crippen LogP contribution >= 0.6 is 17.0 Å². The average molecular weight is 715 g/mol. The Morgan fingerprint density at radius 2 is 1.60 bits per heavy atom. The number of likely N-dealkylation sites (tertiary alicyclic amines) is 1. The third-order valence-corrected chi connectivity index (χ3v) is 9.09. The van der Waals surface area contributed by atoms with Crippen molar-refractivity contribution in [3.63, 3.8) is 0 Å². The molecule has 4 amide bonds. The molecule has 2 aromatic carbocycles. The van der Waals surface area contributed by atoms with Gasteiger partial charge in [-0.25, -0.2) is 18.6 Å². The maximum Gasteiger partial charge on any atom is 0.323 e. The summed E-state index contributed by atoms with van der Waals surface area (Å²) >= 11 is 0. The van der Waals surface area contributed by atoms with Gasteiger partial charge < -0.3 is 20.3 Å². The molecule has 1 aromatic heterocycles. The van der Waals surface area contributed by atoms with Gasteiger partial charge in [-0.1, -0.05) is 0 Å². The van der Waals surface area contributed by atoms with Crippen LogP contribution in [-0.2, 0) is 9.59 Å². The fraction of sp³-hybridized carbons (Fsp3) is 0.394. The Bertz CT molecular complexity index is 1610. The summed E-state index contributed by atoms with van der Waals surface area (Å²) in [4.78, 5) is 50.5. The summed E-state index contributed by atoms with van der Waals surface area (Å²) in [5.74, 6) is -2.09. The quantitative estimate of drug-likeness (QED) is 0.318. The van der Waals surface area contributed by atoms with Crippen LogP contribution in [0.4, 0.5) is 30.8 Å². The fourth-order valence-electron chi connectivity index (χ4n) is 6.08. The van der Waals surface area contributed by atoms with Crippen molar-refractivity contribution in [3.05, 3.63) is 72.4 Å². The van der Waals surface area contributed by atoms with E-state index < -0.39 is 28.9 Å². The van der Waals surface area contributed by atoms with Gasteiger partial charge in [0.15, 0.2) is 5.82 Å². The predicted octanol–water partition coefficient (Wildman–Crippen LogP) is 4.90. The van der Waals surface area contributed by atoms with Gasteiger partial charge in [0.25, 0.3) is 0 Å². The fourth-order valence-corrected chi connectivity index (χ4v) is 6.08. The summed E-state index contributed by atoms with van der Waals surface area (Å²) in [5, 5.41) is 2.83. The maximum absolute atomic E-state index is 15.6. The first-order valence-corrected chi connectivity index (χ1v) is 15.4. The van der Waals surface area contributed by atoms with Crippen molar-refractivity contribution in [3.8, 4) is 11.5 Å². The van der Waals surface area contributed by atoms with Crippen LogP contribution in [0.1, 0.15) is 25.7 Å². The number of likely N-dealkylation sites (N-methyl/N-ethyl adjacent to an activating group) is 1. The molecule has 0 radical (unpaired) electrons. The molecule has 3 fully saturated rings. The van der Waals surface area contributed by atoms with Gasteiger partial charge in [0.2, 0.25) is 11.8 Å². The van der Waals surface area contributed by atoms with Gasteiger partial charge >= 0.3 is 6.03 Å². The number of piperazine rings is 1. The van der Waals surface area contributed by atoms with Crippen LogP contribution in [0.25, 0.3) is 0 Å². The lowest BCUT2D eigenvalue weighted by Crippen LogP contribution is -2.53. The maximum atomic E-state index is 15.6. The van der Waals surface area contributed by atoms with Crippen LogP contribution in [0.2, 0.25) is 0 Å². The number of primary amides is 1. The molecule has 0 atom stereocenters. The second kappa shape index (κ2) is 14.3. The van der Waals surface area contributed by atoms with E-state index in [2.05, 4.69) is 27.1 Å². The van der Waals surface area contributed by atoms with E-state index in [9.17, 15) is 18.8 Å². The number of carbonyl (C=O) groups is 3. The Morgan fingerprint density at radius 1 is 0.936 bits per heavy atom. The highest BCUT2D eigenvalue weighted by Gasteiger charge is 2.57. The highest BCUT2D eigenvalue weighted by atomic mass is 79.9. The zero-order valence-electron chi connectivity index (χ0n) is 26.0. The van der Waals surface area contributed by atoms with Crippen molar-refractivity contribution in [2.75, 3.05) is 56.5 Å². The van der Waals surface area contributed by atoms with E-state index in [4.69, 9.17) is 10.5 Å². The molecule has 0 spiro atoms. The van der Waals surface area contributed by atoms with Crippen LogP contribution in [0, 0.1) is 17.0 Å². The normalized spacial score (nSPS) is 18.1. The number of carbonyl (C=O) groups excluding carboxylic acids is 3. The van der Waals surface area contributed by atoms with Crippen molar-refractivity contribution in [1.29, 1.82) is 0 Å². The first kappa shape index (κ1) is 34.2. The summed E-state index contributed by atoms with van der Waals surface area (Å²) in [5.41, 5.74) is 4.13. The first-order chi connectivity index (χ1) is 22.1. The van der Waals surface area contributed by atoms with Gasteiger partial charge in [-0.2, -0.15) is 0 Å². The molecule has 3 aromatic rings. The number of amides is 4. The number of hydrogen-bond acceptors (Lipinski definition) is 7. The number of halogens is 3. The Labute approximate surface area is 282 Å². The smallest absolute Gasteiger partial charge is 0.323 e. The summed E-state index contributed by atoms with van der Waals surface area (Å²) in [7, 11) is 2.14. The van der Waals surface area contributed by atoms with Crippen LogP contribution < -0.4 is 20.7 Å². The SMILES string of the molecule is Br.CN1CCN(C2CCN(C(=O)Nc3cc(Oc4ccc(N(C(=O)C5(C(N)=O)CC5)c5ccc(F)cc5)c(F)c4)ccn3)CC2)CC1. The number of piperidine rings is 1. The second-order valence-electron chi connectivity index (χ2n) is 12.1. The molecular formula is C33H38BrF2N7O4. The van der Waals surface area contributed by atoms with Crippen molar-refractivity contribution < 1.29 is 27.9 Å². The van der Waals surface area contributed by atoms with Gasteiger partial charge in [-0.3, -0.25) is 24.7 Å². The van der Waals surface area contributed by atoms with E-state index in [1.807, 2.05) is 0 Å². The highest BCUT2D eigenvalue weighted by molar-refractivity contribution is 8.93. The molecule has 0 unspecified atom stereocenters. The molecular weight excluding hydrogens is 676 g/mol. The number of anilines is 3. The largest absolute Gasteiger partial charge is 0.457 e. The van der Waals surface area contributed by atoms with Crippen LogP contribution in [-0.4, -0.2) is 89.9 Å². The Balaban J connectivity index is 0.00000433. The minimum Gasteiger partial charge on any atom is -0.457 e. The van der Waals surface area contributed by atoms with Gasteiger partial charge in [0.1, 0.15) is 28.5 Å². The van der Waals surface area contributed by atoms with Gasteiger partial charge in [0.05, 0.1) is 5.69 Å². The number of pyridine rings is 1. The third-order valence-electron chi connectivity index (χ3n) is 9.09. The Morgan fingerprint density at radius 3 is 2.21 bits per heavy atom. The molecule has 11 nitrogen and oxygen atoms in total. The zero-order valence-corrected chi connectivity index (χ0v) is 27.7. The van der Waals surface area contributed by atoms with E-state index in [-0.39, 0.29) is 58.8 Å². The molecule has 3 aliphatic rings. The molecule has 1 aliphatic carbocycles. The molecule has 3 N–H and O–H groups in total. The number of rotatable bonds is 8. The number of ether oxygens (including phenoxy) is 1. The van der Waals surface area contributed by atoms with Crippen molar-refractivity contribution in [2.24, 2.45) is 11.1 Å².